The van der Waals surface area contributed by atoms with Gasteiger partial charge in [0.15, 0.2) is 5.70 Å². The van der Waals surface area contributed by atoms with E-state index in [0.717, 1.165) is 24.6 Å². The molecule has 0 aliphatic carbocycles. The number of anilines is 1. The number of methoxy groups -OCH3 is 1. The molecule has 0 radical (unpaired) electrons. The van der Waals surface area contributed by atoms with Gasteiger partial charge in [-0.05, 0) is 6.07 Å². The lowest BCUT2D eigenvalue weighted by Crippen LogP contribution is -2.25. The molecular weight excluding hydrogens is 252 g/mol. The fourth-order valence-corrected chi connectivity index (χ4v) is 1.48. The molecular formula is C11H10N4O4. The van der Waals surface area contributed by atoms with E-state index in [0.29, 0.717) is 16.1 Å². The van der Waals surface area contributed by atoms with Crippen molar-refractivity contribution in [2.75, 3.05) is 12.2 Å². The molecule has 0 aromatic heterocycles. The highest BCUT2D eigenvalue weighted by molar-refractivity contribution is 5.86. The molecule has 1 amide bonds. The van der Waals surface area contributed by atoms with Crippen molar-refractivity contribution in [1.82, 2.24) is 0 Å². The number of hydrogen-bond donors (Lipinski definition) is 1. The molecule has 8 heteroatoms. The molecule has 0 fully saturated rings. The fraction of sp³-hybridized carbons (Fsp3) is 0.0909. The molecule has 1 heterocycles. The molecule has 0 atom stereocenters. The Hall–Kier alpha value is -2.74. The zero-order valence-electron chi connectivity index (χ0n) is 9.92. The number of carbonyl (C=O) groups is 1. The summed E-state index contributed by atoms with van der Waals surface area (Å²) >= 11 is 0. The van der Waals surface area contributed by atoms with E-state index in [-0.39, 0.29) is 5.70 Å². The molecule has 2 rings (SSSR count). The van der Waals surface area contributed by atoms with E-state index in [9.17, 15) is 15.2 Å². The van der Waals surface area contributed by atoms with Crippen LogP contribution in [0.5, 0.6) is 0 Å². The number of benzene rings is 1. The van der Waals surface area contributed by atoms with Gasteiger partial charge in [0, 0.05) is 6.07 Å². The van der Waals surface area contributed by atoms with Gasteiger partial charge in [0.05, 0.1) is 13.3 Å². The largest absolute Gasteiger partial charge is 0.618 e. The number of allylic oxidation sites excluding steroid dienone is 1. The molecule has 1 aromatic rings. The van der Waals surface area contributed by atoms with Crippen molar-refractivity contribution in [2.45, 2.75) is 0 Å². The van der Waals surface area contributed by atoms with Crippen LogP contribution in [-0.2, 0) is 4.74 Å². The number of amides is 1. The van der Waals surface area contributed by atoms with Gasteiger partial charge in [-0.3, -0.25) is 5.21 Å². The van der Waals surface area contributed by atoms with Crippen LogP contribution in [-0.4, -0.2) is 29.4 Å². The van der Waals surface area contributed by atoms with Crippen molar-refractivity contribution < 1.29 is 19.5 Å². The van der Waals surface area contributed by atoms with Crippen molar-refractivity contribution >= 4 is 23.7 Å². The Labute approximate surface area is 108 Å². The standard InChI is InChI=1S/C11H10N4O4/c1-19-11(16)13-12-6-8-7-14(17)9-4-2-3-5-10(9)15(8)18/h2-7,18H,1H3. The lowest BCUT2D eigenvalue weighted by atomic mass is 10.2. The number of nitrogens with zero attached hydrogens (tertiary/aromatic N) is 4. The smallest absolute Gasteiger partial charge is 0.452 e. The predicted octanol–water partition coefficient (Wildman–Crippen LogP) is 2.17. The van der Waals surface area contributed by atoms with Gasteiger partial charge in [0.2, 0.25) is 11.9 Å². The van der Waals surface area contributed by atoms with Crippen molar-refractivity contribution in [1.29, 1.82) is 0 Å². The highest BCUT2D eigenvalue weighted by Gasteiger charge is 2.24. The summed E-state index contributed by atoms with van der Waals surface area (Å²) in [5, 5.41) is 29.0. The lowest BCUT2D eigenvalue weighted by Gasteiger charge is -2.22. The lowest BCUT2D eigenvalue weighted by molar-refractivity contribution is -0.355. The number of hydrogen-bond acceptors (Lipinski definition) is 6. The Morgan fingerprint density at radius 3 is 3.00 bits per heavy atom. The number of carbonyl (C=O) groups excluding carboxylic acids is 1. The van der Waals surface area contributed by atoms with E-state index < -0.39 is 6.09 Å². The van der Waals surface area contributed by atoms with Crippen LogP contribution in [0.3, 0.4) is 0 Å². The third-order valence-corrected chi connectivity index (χ3v) is 2.35. The van der Waals surface area contributed by atoms with E-state index >= 15 is 0 Å². The molecule has 19 heavy (non-hydrogen) atoms. The first-order valence-electron chi connectivity index (χ1n) is 5.21. The Morgan fingerprint density at radius 2 is 2.26 bits per heavy atom. The highest BCUT2D eigenvalue weighted by Crippen LogP contribution is 2.31. The van der Waals surface area contributed by atoms with E-state index in [4.69, 9.17) is 0 Å². The van der Waals surface area contributed by atoms with E-state index in [1.165, 1.54) is 0 Å². The van der Waals surface area contributed by atoms with Crippen LogP contribution >= 0.6 is 0 Å². The first kappa shape index (κ1) is 12.7. The van der Waals surface area contributed by atoms with Crippen LogP contribution in [0.1, 0.15) is 0 Å². The number of fused-ring (bicyclic) bond motifs is 1. The first-order valence-corrected chi connectivity index (χ1v) is 5.21. The Balaban J connectivity index is 2.31. The third kappa shape index (κ3) is 2.58. The molecule has 0 spiro atoms. The maximum absolute atomic E-state index is 11.7. The maximum Gasteiger partial charge on any atom is 0.452 e. The average molecular weight is 262 g/mol. The highest BCUT2D eigenvalue weighted by atomic mass is 16.5. The topological polar surface area (TPSA) is 101 Å². The summed E-state index contributed by atoms with van der Waals surface area (Å²) in [7, 11) is 1.16. The molecule has 8 nitrogen and oxygen atoms in total. The van der Waals surface area contributed by atoms with Gasteiger partial charge in [-0.2, -0.15) is 4.74 Å². The molecule has 0 unspecified atom stereocenters. The number of hydroxylamine groups is 1. The van der Waals surface area contributed by atoms with Gasteiger partial charge >= 0.3 is 6.09 Å². The summed E-state index contributed by atoms with van der Waals surface area (Å²) in [6.45, 7) is 0. The molecule has 0 saturated carbocycles. The van der Waals surface area contributed by atoms with Crippen LogP contribution in [0.2, 0.25) is 0 Å². The Bertz CT molecular complexity index is 594. The Kier molecular flexibility index (Phi) is 3.53. The zero-order chi connectivity index (χ0) is 13.8. The van der Waals surface area contributed by atoms with E-state index in [1.807, 2.05) is 0 Å². The second-order valence-corrected chi connectivity index (χ2v) is 3.49. The summed E-state index contributed by atoms with van der Waals surface area (Å²) in [4.78, 5) is 10.7. The van der Waals surface area contributed by atoms with Gasteiger partial charge in [-0.1, -0.05) is 17.2 Å². The van der Waals surface area contributed by atoms with Crippen LogP contribution in [0.15, 0.2) is 46.4 Å². The number of para-hydroxylation sites is 2. The summed E-state index contributed by atoms with van der Waals surface area (Å²) in [5.41, 5.74) is 0.674. The van der Waals surface area contributed by atoms with Crippen molar-refractivity contribution in [3.8, 4) is 0 Å². The zero-order valence-corrected chi connectivity index (χ0v) is 9.92. The monoisotopic (exact) mass is 262 g/mol. The first-order chi connectivity index (χ1) is 9.13. The normalized spacial score (nSPS) is 16.4. The van der Waals surface area contributed by atoms with Gasteiger partial charge in [0.25, 0.3) is 0 Å². The minimum Gasteiger partial charge on any atom is -0.618 e. The summed E-state index contributed by atoms with van der Waals surface area (Å²) < 4.78 is 4.84. The minimum absolute atomic E-state index is 0.0707. The van der Waals surface area contributed by atoms with Gasteiger partial charge in [-0.25, -0.2) is 9.86 Å². The van der Waals surface area contributed by atoms with Crippen LogP contribution in [0.4, 0.5) is 16.2 Å². The summed E-state index contributed by atoms with van der Waals surface area (Å²) in [6, 6.07) is 6.49. The third-order valence-electron chi connectivity index (χ3n) is 2.35. The summed E-state index contributed by atoms with van der Waals surface area (Å²) in [5.74, 6) is 0. The van der Waals surface area contributed by atoms with Crippen molar-refractivity contribution in [2.24, 2.45) is 10.2 Å². The molecule has 1 aromatic carbocycles. The van der Waals surface area contributed by atoms with Gasteiger partial charge in [-0.15, -0.1) is 5.11 Å². The fourth-order valence-electron chi connectivity index (χ4n) is 1.48. The number of azo groups is 1. The van der Waals surface area contributed by atoms with Crippen LogP contribution in [0.25, 0.3) is 0 Å². The molecule has 0 saturated heterocycles. The second kappa shape index (κ2) is 5.27. The van der Waals surface area contributed by atoms with Crippen molar-refractivity contribution in [3.63, 3.8) is 0 Å². The molecule has 98 valence electrons. The summed E-state index contributed by atoms with van der Waals surface area (Å²) in [6.07, 6.45) is 1.30. The van der Waals surface area contributed by atoms with E-state index in [2.05, 4.69) is 15.0 Å². The Morgan fingerprint density at radius 1 is 1.53 bits per heavy atom. The average Bonchev–Trinajstić information content (AvgIpc) is 2.44. The predicted molar refractivity (Wildman–Crippen MR) is 65.4 cm³/mol. The number of ether oxygens (including phenoxy) is 1. The second-order valence-electron chi connectivity index (χ2n) is 3.49. The van der Waals surface area contributed by atoms with Gasteiger partial charge in [0.1, 0.15) is 5.69 Å². The van der Waals surface area contributed by atoms with Crippen LogP contribution < -0.4 is 5.06 Å². The quantitative estimate of drug-likeness (QED) is 0.475. The van der Waals surface area contributed by atoms with Crippen molar-refractivity contribution in [3.05, 3.63) is 41.4 Å². The molecule has 1 aliphatic heterocycles. The van der Waals surface area contributed by atoms with E-state index in [1.54, 1.807) is 24.3 Å². The molecule has 1 aliphatic rings. The number of rotatable bonds is 1. The SMILES string of the molecule is COC(=O)N=NC=C1C=[N+]([O-])c2ccccc2N1O. The molecule has 1 N–H and O–H groups in total. The molecule has 0 bridgehead atoms. The maximum atomic E-state index is 11.7. The van der Waals surface area contributed by atoms with Crippen LogP contribution in [0, 0.1) is 5.21 Å². The van der Waals surface area contributed by atoms with Gasteiger partial charge < -0.3 is 9.94 Å². The minimum atomic E-state index is -0.878.